The maximum atomic E-state index is 12.9. The standard InChI is InChI=1S/C25H38N4O6/c1-4-20(22(30)24(32)26-10-11-29-12-14-34-15-13-29)27-23(31)21(16-18(2)3)28-25(33)35-17-19-8-6-5-7-9-19/h5-9,18,20-21H,4,10-17H2,1-3H3,(H,26,32)(H,27,31)(H,28,33)/t20-,21-/m0/s1. The first-order valence-electron chi connectivity index (χ1n) is 12.2. The van der Waals surface area contributed by atoms with E-state index >= 15 is 0 Å². The number of ketones is 1. The van der Waals surface area contributed by atoms with Crippen LogP contribution in [0.2, 0.25) is 0 Å². The van der Waals surface area contributed by atoms with Crippen LogP contribution in [0.4, 0.5) is 4.79 Å². The van der Waals surface area contributed by atoms with Crippen LogP contribution in [0.15, 0.2) is 30.3 Å². The van der Waals surface area contributed by atoms with Gasteiger partial charge in [0.05, 0.1) is 19.3 Å². The lowest BCUT2D eigenvalue weighted by atomic mass is 10.0. The molecule has 3 N–H and O–H groups in total. The topological polar surface area (TPSA) is 126 Å². The third kappa shape index (κ3) is 10.4. The molecule has 1 aliphatic rings. The molecule has 0 unspecified atom stereocenters. The summed E-state index contributed by atoms with van der Waals surface area (Å²) in [6, 6.07) is 7.32. The summed E-state index contributed by atoms with van der Waals surface area (Å²) >= 11 is 0. The van der Waals surface area contributed by atoms with E-state index in [2.05, 4.69) is 20.9 Å². The van der Waals surface area contributed by atoms with Crippen LogP contribution in [0.3, 0.4) is 0 Å². The van der Waals surface area contributed by atoms with Gasteiger partial charge in [-0.05, 0) is 24.3 Å². The predicted molar refractivity (Wildman–Crippen MR) is 131 cm³/mol. The molecule has 1 aromatic rings. The Morgan fingerprint density at radius 2 is 1.71 bits per heavy atom. The number of benzene rings is 1. The first kappa shape index (κ1) is 28.3. The van der Waals surface area contributed by atoms with Gasteiger partial charge in [0.2, 0.25) is 11.7 Å². The van der Waals surface area contributed by atoms with Gasteiger partial charge in [-0.25, -0.2) is 4.79 Å². The number of Topliss-reactive ketones (excluding diaryl/α,β-unsaturated/α-hetero) is 1. The first-order chi connectivity index (χ1) is 16.8. The lowest BCUT2D eigenvalue weighted by Crippen LogP contribution is -2.54. The maximum absolute atomic E-state index is 12.9. The van der Waals surface area contributed by atoms with Crippen LogP contribution in [0.1, 0.15) is 39.2 Å². The summed E-state index contributed by atoms with van der Waals surface area (Å²) in [5, 5.41) is 7.84. The number of carbonyl (C=O) groups is 4. The summed E-state index contributed by atoms with van der Waals surface area (Å²) in [4.78, 5) is 52.4. The van der Waals surface area contributed by atoms with E-state index < -0.39 is 35.8 Å². The zero-order valence-electron chi connectivity index (χ0n) is 20.9. The third-order valence-electron chi connectivity index (χ3n) is 5.61. The zero-order valence-corrected chi connectivity index (χ0v) is 20.9. The Morgan fingerprint density at radius 3 is 2.34 bits per heavy atom. The molecule has 1 heterocycles. The van der Waals surface area contributed by atoms with E-state index in [0.717, 1.165) is 18.7 Å². The van der Waals surface area contributed by atoms with Crippen LogP contribution in [0, 0.1) is 5.92 Å². The van der Waals surface area contributed by atoms with Gasteiger partial charge in [0, 0.05) is 26.2 Å². The highest BCUT2D eigenvalue weighted by atomic mass is 16.5. The lowest BCUT2D eigenvalue weighted by Gasteiger charge is -2.26. The van der Waals surface area contributed by atoms with Crippen molar-refractivity contribution in [2.45, 2.75) is 52.3 Å². The quantitative estimate of drug-likeness (QED) is 0.355. The van der Waals surface area contributed by atoms with Gasteiger partial charge in [0.15, 0.2) is 0 Å². The Balaban J connectivity index is 1.86. The Bertz CT molecular complexity index is 827. The molecule has 194 valence electrons. The fourth-order valence-corrected chi connectivity index (χ4v) is 3.63. The second-order valence-electron chi connectivity index (χ2n) is 8.93. The van der Waals surface area contributed by atoms with E-state index in [0.29, 0.717) is 32.7 Å². The van der Waals surface area contributed by atoms with Crippen LogP contribution in [0.25, 0.3) is 0 Å². The smallest absolute Gasteiger partial charge is 0.408 e. The number of nitrogens with one attached hydrogen (secondary N) is 3. The highest BCUT2D eigenvalue weighted by Gasteiger charge is 2.29. The fourth-order valence-electron chi connectivity index (χ4n) is 3.63. The van der Waals surface area contributed by atoms with Gasteiger partial charge in [0.1, 0.15) is 12.6 Å². The van der Waals surface area contributed by atoms with Crippen molar-refractivity contribution in [3.63, 3.8) is 0 Å². The number of morpholine rings is 1. The SMILES string of the molecule is CC[C@H](NC(=O)[C@H](CC(C)C)NC(=O)OCc1ccccc1)C(=O)C(=O)NCCN1CCOCC1. The molecule has 2 atom stereocenters. The average molecular weight is 491 g/mol. The van der Waals surface area contributed by atoms with Crippen LogP contribution in [0.5, 0.6) is 0 Å². The van der Waals surface area contributed by atoms with Crippen molar-refractivity contribution >= 4 is 23.7 Å². The number of alkyl carbamates (subject to hydrolysis) is 1. The van der Waals surface area contributed by atoms with E-state index in [1.54, 1.807) is 6.92 Å². The molecule has 10 nitrogen and oxygen atoms in total. The van der Waals surface area contributed by atoms with Gasteiger partial charge in [-0.1, -0.05) is 51.1 Å². The Kier molecular flexibility index (Phi) is 12.2. The number of hydrogen-bond donors (Lipinski definition) is 3. The monoisotopic (exact) mass is 490 g/mol. The summed E-state index contributed by atoms with van der Waals surface area (Å²) < 4.78 is 10.5. The number of nitrogens with zero attached hydrogens (tertiary/aromatic N) is 1. The van der Waals surface area contributed by atoms with Gasteiger partial charge in [0.25, 0.3) is 5.91 Å². The molecule has 0 bridgehead atoms. The highest BCUT2D eigenvalue weighted by Crippen LogP contribution is 2.08. The van der Waals surface area contributed by atoms with Crippen molar-refractivity contribution in [3.8, 4) is 0 Å². The van der Waals surface area contributed by atoms with E-state index in [1.807, 2.05) is 44.2 Å². The molecule has 2 rings (SSSR count). The van der Waals surface area contributed by atoms with Gasteiger partial charge in [-0.3, -0.25) is 19.3 Å². The number of carbonyl (C=O) groups excluding carboxylic acids is 4. The summed E-state index contributed by atoms with van der Waals surface area (Å²) in [6.45, 7) is 9.46. The van der Waals surface area contributed by atoms with Crippen molar-refractivity contribution in [1.82, 2.24) is 20.9 Å². The van der Waals surface area contributed by atoms with E-state index in [-0.39, 0.29) is 18.9 Å². The summed E-state index contributed by atoms with van der Waals surface area (Å²) in [7, 11) is 0. The van der Waals surface area contributed by atoms with Crippen LogP contribution < -0.4 is 16.0 Å². The first-order valence-corrected chi connectivity index (χ1v) is 12.2. The van der Waals surface area contributed by atoms with Gasteiger partial charge < -0.3 is 25.4 Å². The summed E-state index contributed by atoms with van der Waals surface area (Å²) in [5.41, 5.74) is 0.823. The number of amides is 3. The Hall–Kier alpha value is -2.98. The fraction of sp³-hybridized carbons (Fsp3) is 0.600. The molecule has 0 aromatic heterocycles. The Labute approximate surface area is 207 Å². The molecular weight excluding hydrogens is 452 g/mol. The average Bonchev–Trinajstić information content (AvgIpc) is 2.86. The zero-order chi connectivity index (χ0) is 25.6. The molecular formula is C25H38N4O6. The van der Waals surface area contributed by atoms with Gasteiger partial charge in [-0.15, -0.1) is 0 Å². The van der Waals surface area contributed by atoms with Crippen molar-refractivity contribution < 1.29 is 28.7 Å². The van der Waals surface area contributed by atoms with Crippen LogP contribution in [-0.4, -0.2) is 80.1 Å². The third-order valence-corrected chi connectivity index (χ3v) is 5.61. The Morgan fingerprint density at radius 1 is 1.03 bits per heavy atom. The number of rotatable bonds is 13. The molecule has 35 heavy (non-hydrogen) atoms. The van der Waals surface area contributed by atoms with Crippen molar-refractivity contribution in [1.29, 1.82) is 0 Å². The molecule has 0 saturated carbocycles. The molecule has 10 heteroatoms. The van der Waals surface area contributed by atoms with Crippen LogP contribution >= 0.6 is 0 Å². The predicted octanol–water partition coefficient (Wildman–Crippen LogP) is 1.24. The number of ether oxygens (including phenoxy) is 2. The van der Waals surface area contributed by atoms with E-state index in [9.17, 15) is 19.2 Å². The van der Waals surface area contributed by atoms with Crippen molar-refractivity contribution in [3.05, 3.63) is 35.9 Å². The minimum atomic E-state index is -0.984. The van der Waals surface area contributed by atoms with E-state index in [4.69, 9.17) is 9.47 Å². The van der Waals surface area contributed by atoms with E-state index in [1.165, 1.54) is 0 Å². The normalized spacial score (nSPS) is 15.7. The molecule has 1 aliphatic heterocycles. The lowest BCUT2D eigenvalue weighted by molar-refractivity contribution is -0.140. The largest absolute Gasteiger partial charge is 0.445 e. The van der Waals surface area contributed by atoms with Gasteiger partial charge >= 0.3 is 6.09 Å². The van der Waals surface area contributed by atoms with Crippen LogP contribution in [-0.2, 0) is 30.5 Å². The highest BCUT2D eigenvalue weighted by molar-refractivity contribution is 6.38. The molecule has 1 saturated heterocycles. The second kappa shape index (κ2) is 15.1. The molecule has 0 aliphatic carbocycles. The van der Waals surface area contributed by atoms with Crippen molar-refractivity contribution in [2.75, 3.05) is 39.4 Å². The summed E-state index contributed by atoms with van der Waals surface area (Å²) in [5.74, 6) is -1.88. The number of hydrogen-bond acceptors (Lipinski definition) is 7. The van der Waals surface area contributed by atoms with Gasteiger partial charge in [-0.2, -0.15) is 0 Å². The maximum Gasteiger partial charge on any atom is 0.408 e. The molecule has 1 aromatic carbocycles. The van der Waals surface area contributed by atoms with Crippen molar-refractivity contribution in [2.24, 2.45) is 5.92 Å². The summed E-state index contributed by atoms with van der Waals surface area (Å²) in [6.07, 6.45) is -0.133. The molecule has 1 fully saturated rings. The molecule has 3 amide bonds. The second-order valence-corrected chi connectivity index (χ2v) is 8.93. The molecule has 0 radical (unpaired) electrons. The minimum absolute atomic E-state index is 0.0728. The minimum Gasteiger partial charge on any atom is -0.445 e. The molecule has 0 spiro atoms.